The first-order valence-electron chi connectivity index (χ1n) is 5.76. The highest BCUT2D eigenvalue weighted by molar-refractivity contribution is 7.90. The zero-order valence-corrected chi connectivity index (χ0v) is 12.0. The molecule has 1 atom stereocenters. The second-order valence-electron chi connectivity index (χ2n) is 4.61. The minimum absolute atomic E-state index is 0.0842. The molecule has 18 heavy (non-hydrogen) atoms. The second-order valence-corrected chi connectivity index (χ2v) is 6.57. The van der Waals surface area contributed by atoms with Crippen molar-refractivity contribution < 1.29 is 13.2 Å². The number of ether oxygens (including phenoxy) is 1. The zero-order chi connectivity index (χ0) is 13.8. The molecular formula is C12H20N2O3S. The van der Waals surface area contributed by atoms with Crippen molar-refractivity contribution in [2.24, 2.45) is 5.92 Å². The highest BCUT2D eigenvalue weighted by Crippen LogP contribution is 2.14. The lowest BCUT2D eigenvalue weighted by Crippen LogP contribution is -2.30. The van der Waals surface area contributed by atoms with Gasteiger partial charge in [-0.3, -0.25) is 0 Å². The number of anilines is 1. The molecule has 0 bridgehead atoms. The Labute approximate surface area is 108 Å². The van der Waals surface area contributed by atoms with Gasteiger partial charge in [0.05, 0.1) is 24.5 Å². The van der Waals surface area contributed by atoms with Crippen LogP contribution in [0.25, 0.3) is 0 Å². The molecule has 102 valence electrons. The van der Waals surface area contributed by atoms with Crippen LogP contribution in [0.3, 0.4) is 0 Å². The third-order valence-electron chi connectivity index (χ3n) is 2.62. The molecule has 1 heterocycles. The fraction of sp³-hybridized carbons (Fsp3) is 0.583. The van der Waals surface area contributed by atoms with Crippen LogP contribution in [0.4, 0.5) is 5.69 Å². The van der Waals surface area contributed by atoms with Gasteiger partial charge in [-0.15, -0.1) is 0 Å². The summed E-state index contributed by atoms with van der Waals surface area (Å²) in [6, 6.07) is 3.39. The van der Waals surface area contributed by atoms with Gasteiger partial charge < -0.3 is 10.1 Å². The number of rotatable bonds is 6. The van der Waals surface area contributed by atoms with Crippen molar-refractivity contribution in [1.29, 1.82) is 0 Å². The van der Waals surface area contributed by atoms with E-state index in [1.54, 1.807) is 13.2 Å². The Balaban J connectivity index is 2.79. The lowest BCUT2D eigenvalue weighted by Gasteiger charge is -2.22. The standard InChI is InChI=1S/C12H20N2O3S/c1-9(2)11(8-17-3)14-10-5-6-12(13-7-10)18(4,15)16/h5-7,9,11,14H,8H2,1-4H3. The molecule has 0 saturated carbocycles. The smallest absolute Gasteiger partial charge is 0.192 e. The molecule has 0 radical (unpaired) electrons. The van der Waals surface area contributed by atoms with E-state index < -0.39 is 9.84 Å². The zero-order valence-electron chi connectivity index (χ0n) is 11.2. The van der Waals surface area contributed by atoms with E-state index in [1.807, 2.05) is 0 Å². The van der Waals surface area contributed by atoms with Gasteiger partial charge in [0.1, 0.15) is 0 Å². The molecular weight excluding hydrogens is 252 g/mol. The van der Waals surface area contributed by atoms with E-state index >= 15 is 0 Å². The molecule has 0 spiro atoms. The van der Waals surface area contributed by atoms with Crippen LogP contribution in [0, 0.1) is 5.92 Å². The molecule has 0 fully saturated rings. The van der Waals surface area contributed by atoms with Gasteiger partial charge in [0.2, 0.25) is 0 Å². The van der Waals surface area contributed by atoms with E-state index in [1.165, 1.54) is 12.3 Å². The molecule has 6 heteroatoms. The van der Waals surface area contributed by atoms with Gasteiger partial charge in [-0.05, 0) is 18.1 Å². The highest BCUT2D eigenvalue weighted by atomic mass is 32.2. The van der Waals surface area contributed by atoms with Crippen molar-refractivity contribution in [2.75, 3.05) is 25.3 Å². The first kappa shape index (κ1) is 14.9. The molecule has 1 unspecified atom stereocenters. The molecule has 0 amide bonds. The van der Waals surface area contributed by atoms with Crippen LogP contribution in [0.1, 0.15) is 13.8 Å². The predicted octanol–water partition coefficient (Wildman–Crippen LogP) is 1.57. The molecule has 1 aromatic rings. The Morgan fingerprint density at radius 3 is 2.44 bits per heavy atom. The number of nitrogens with one attached hydrogen (secondary N) is 1. The third kappa shape index (κ3) is 4.27. The largest absolute Gasteiger partial charge is 0.383 e. The molecule has 0 saturated heterocycles. The summed E-state index contributed by atoms with van der Waals surface area (Å²) in [5.41, 5.74) is 0.790. The SMILES string of the molecule is COCC(Nc1ccc(S(C)(=O)=O)nc1)C(C)C. The maximum atomic E-state index is 11.3. The van der Waals surface area contributed by atoms with Gasteiger partial charge >= 0.3 is 0 Å². The number of hydrogen-bond acceptors (Lipinski definition) is 5. The van der Waals surface area contributed by atoms with E-state index in [0.717, 1.165) is 11.9 Å². The summed E-state index contributed by atoms with van der Waals surface area (Å²) in [6.45, 7) is 4.77. The van der Waals surface area contributed by atoms with E-state index in [9.17, 15) is 8.42 Å². The number of nitrogens with zero attached hydrogens (tertiary/aromatic N) is 1. The molecule has 0 aliphatic carbocycles. The average Bonchev–Trinajstić information content (AvgIpc) is 2.28. The van der Waals surface area contributed by atoms with Gasteiger partial charge in [0.25, 0.3) is 0 Å². The fourth-order valence-electron chi connectivity index (χ4n) is 1.48. The molecule has 1 N–H and O–H groups in total. The molecule has 0 aliphatic rings. The Morgan fingerprint density at radius 2 is 2.06 bits per heavy atom. The summed E-state index contributed by atoms with van der Waals surface area (Å²) in [7, 11) is -1.58. The topological polar surface area (TPSA) is 68.3 Å². The minimum Gasteiger partial charge on any atom is -0.383 e. The van der Waals surface area contributed by atoms with Crippen molar-refractivity contribution in [2.45, 2.75) is 24.9 Å². The van der Waals surface area contributed by atoms with Crippen molar-refractivity contribution >= 4 is 15.5 Å². The maximum Gasteiger partial charge on any atom is 0.192 e. The van der Waals surface area contributed by atoms with Gasteiger partial charge in [0.15, 0.2) is 14.9 Å². The predicted molar refractivity (Wildman–Crippen MR) is 71.5 cm³/mol. The van der Waals surface area contributed by atoms with E-state index in [0.29, 0.717) is 12.5 Å². The Hall–Kier alpha value is -1.14. The van der Waals surface area contributed by atoms with Gasteiger partial charge in [-0.2, -0.15) is 0 Å². The fourth-order valence-corrected chi connectivity index (χ4v) is 2.04. The van der Waals surface area contributed by atoms with Gasteiger partial charge in [-0.25, -0.2) is 13.4 Å². The summed E-state index contributed by atoms with van der Waals surface area (Å²) in [5, 5.41) is 3.36. The monoisotopic (exact) mass is 272 g/mol. The lowest BCUT2D eigenvalue weighted by molar-refractivity contribution is 0.171. The van der Waals surface area contributed by atoms with E-state index in [2.05, 4.69) is 24.1 Å². The quantitative estimate of drug-likeness (QED) is 0.851. The van der Waals surface area contributed by atoms with Crippen LogP contribution in [-0.4, -0.2) is 39.4 Å². The lowest BCUT2D eigenvalue weighted by atomic mass is 10.1. The summed E-state index contributed by atoms with van der Waals surface area (Å²) < 4.78 is 27.7. The summed E-state index contributed by atoms with van der Waals surface area (Å²) in [6.07, 6.45) is 2.67. The van der Waals surface area contributed by atoms with Crippen molar-refractivity contribution in [3.05, 3.63) is 18.3 Å². The second kappa shape index (κ2) is 6.15. The summed E-state index contributed by atoms with van der Waals surface area (Å²) in [4.78, 5) is 3.93. The maximum absolute atomic E-state index is 11.3. The van der Waals surface area contributed by atoms with Crippen LogP contribution >= 0.6 is 0 Å². The van der Waals surface area contributed by atoms with Crippen LogP contribution < -0.4 is 5.32 Å². The Bertz CT molecular complexity index is 469. The highest BCUT2D eigenvalue weighted by Gasteiger charge is 2.14. The van der Waals surface area contributed by atoms with Crippen LogP contribution in [-0.2, 0) is 14.6 Å². The van der Waals surface area contributed by atoms with Crippen LogP contribution in [0.2, 0.25) is 0 Å². The Morgan fingerprint density at radius 1 is 1.39 bits per heavy atom. The van der Waals surface area contributed by atoms with Gasteiger partial charge in [-0.1, -0.05) is 13.8 Å². The summed E-state index contributed by atoms with van der Waals surface area (Å²) >= 11 is 0. The number of pyridine rings is 1. The first-order chi connectivity index (χ1) is 8.34. The molecule has 0 aliphatic heterocycles. The average molecular weight is 272 g/mol. The number of sulfone groups is 1. The Kier molecular flexibility index (Phi) is 5.10. The van der Waals surface area contributed by atoms with Crippen LogP contribution in [0.15, 0.2) is 23.4 Å². The normalized spacial score (nSPS) is 13.6. The third-order valence-corrected chi connectivity index (χ3v) is 3.62. The molecule has 1 rings (SSSR count). The first-order valence-corrected chi connectivity index (χ1v) is 7.65. The molecule has 0 aromatic carbocycles. The van der Waals surface area contributed by atoms with Crippen LogP contribution in [0.5, 0.6) is 0 Å². The minimum atomic E-state index is -3.24. The van der Waals surface area contributed by atoms with Crippen molar-refractivity contribution in [1.82, 2.24) is 4.98 Å². The van der Waals surface area contributed by atoms with Crippen molar-refractivity contribution in [3.63, 3.8) is 0 Å². The van der Waals surface area contributed by atoms with E-state index in [-0.39, 0.29) is 11.1 Å². The van der Waals surface area contributed by atoms with Gasteiger partial charge in [0, 0.05) is 13.4 Å². The number of hydrogen-bond donors (Lipinski definition) is 1. The van der Waals surface area contributed by atoms with E-state index in [4.69, 9.17) is 4.74 Å². The molecule has 1 aromatic heterocycles. The molecule has 5 nitrogen and oxygen atoms in total. The number of aromatic nitrogens is 1. The summed E-state index contributed by atoms with van der Waals surface area (Å²) in [5.74, 6) is 0.402. The van der Waals surface area contributed by atoms with Crippen molar-refractivity contribution in [3.8, 4) is 0 Å². The number of methoxy groups -OCH3 is 1.